The number of nitro benzene ring substituents is 1. The van der Waals surface area contributed by atoms with E-state index in [1.165, 1.54) is 39.9 Å². The number of carbonyl (C=O) groups is 1. The van der Waals surface area contributed by atoms with E-state index in [-0.39, 0.29) is 31.0 Å². The van der Waals surface area contributed by atoms with E-state index in [1.807, 2.05) is 55.3 Å². The van der Waals surface area contributed by atoms with Crippen molar-refractivity contribution in [3.05, 3.63) is 99.9 Å². The number of fused-ring (bicyclic) bond motifs is 1. The number of thiazole rings is 1. The molecule has 0 spiro atoms. The first-order valence-electron chi connectivity index (χ1n) is 18.3. The van der Waals surface area contributed by atoms with Crippen LogP contribution in [0.25, 0.3) is 21.5 Å². The fraction of sp³-hybridized carbons (Fsp3) is 0.410. The Morgan fingerprint density at radius 2 is 1.81 bits per heavy atom. The van der Waals surface area contributed by atoms with Gasteiger partial charge in [-0.3, -0.25) is 19.2 Å². The molecule has 54 heavy (non-hydrogen) atoms. The van der Waals surface area contributed by atoms with Crippen LogP contribution >= 0.6 is 11.3 Å². The van der Waals surface area contributed by atoms with Gasteiger partial charge in [-0.1, -0.05) is 55.3 Å². The number of carbonyl (C=O) groups excluding carboxylic acids is 1. The molecule has 7 rings (SSSR count). The monoisotopic (exact) mass is 771 g/mol. The maximum atomic E-state index is 14.8. The minimum atomic E-state index is -4.43. The van der Waals surface area contributed by atoms with Gasteiger partial charge in [0.1, 0.15) is 0 Å². The molecule has 13 nitrogen and oxygen atoms in total. The number of nitrogens with zero attached hydrogens (tertiary/aromatic N) is 7. The Morgan fingerprint density at radius 1 is 1.06 bits per heavy atom. The number of hydrogen-bond donors (Lipinski definition) is 0. The molecule has 2 aliphatic rings. The summed E-state index contributed by atoms with van der Waals surface area (Å²) in [5.41, 5.74) is 2.53. The van der Waals surface area contributed by atoms with E-state index in [0.717, 1.165) is 46.6 Å². The molecule has 0 radical (unpaired) electrons. The number of likely N-dealkylation sites (N-methyl/N-ethyl adjacent to an activating group) is 1. The zero-order valence-corrected chi connectivity index (χ0v) is 32.3. The van der Waals surface area contributed by atoms with Crippen LogP contribution in [0.1, 0.15) is 53.6 Å². The first kappa shape index (κ1) is 37.6. The lowest BCUT2D eigenvalue weighted by Crippen LogP contribution is -2.55. The van der Waals surface area contributed by atoms with Gasteiger partial charge in [-0.15, -0.1) is 11.3 Å². The predicted molar refractivity (Wildman–Crippen MR) is 209 cm³/mol. The second kappa shape index (κ2) is 16.0. The molecule has 0 unspecified atom stereocenters. The van der Waals surface area contributed by atoms with E-state index in [9.17, 15) is 23.3 Å². The van der Waals surface area contributed by atoms with Gasteiger partial charge >= 0.3 is 0 Å². The lowest BCUT2D eigenvalue weighted by atomic mass is 9.84. The number of para-hydroxylation sites is 1. The van der Waals surface area contributed by atoms with Crippen LogP contribution in [0.3, 0.4) is 0 Å². The van der Waals surface area contributed by atoms with Gasteiger partial charge in [0.05, 0.1) is 44.5 Å². The van der Waals surface area contributed by atoms with Gasteiger partial charge in [0.2, 0.25) is 0 Å². The Balaban J connectivity index is 1.25. The molecule has 1 aliphatic carbocycles. The summed E-state index contributed by atoms with van der Waals surface area (Å²) < 4.78 is 38.9. The second-order valence-corrected chi connectivity index (χ2v) is 17.2. The average Bonchev–Trinajstić information content (AvgIpc) is 3.78. The number of nitro groups is 1. The quantitative estimate of drug-likeness (QED) is 0.0989. The van der Waals surface area contributed by atoms with Crippen LogP contribution in [0.15, 0.2) is 84.0 Å². The number of rotatable bonds is 12. The van der Waals surface area contributed by atoms with Gasteiger partial charge in [0.25, 0.3) is 21.6 Å². The van der Waals surface area contributed by atoms with Crippen LogP contribution in [0.2, 0.25) is 0 Å². The lowest BCUT2D eigenvalue weighted by molar-refractivity contribution is -0.387. The Kier molecular flexibility index (Phi) is 11.1. The molecule has 3 atom stereocenters. The van der Waals surface area contributed by atoms with Gasteiger partial charge < -0.3 is 19.1 Å². The SMILES string of the molecule is COC[C@@H]1CCCC[C@H]1n1cnc(C(=O)N2CCN(C)C[C@H]2CCN(c2ccc3sc(C)nc3c2)S(=O)(=O)c2ccccc2[N+](=O)[O-])c1-c1ccccc1. The molecule has 1 saturated carbocycles. The first-order chi connectivity index (χ1) is 26.1. The fourth-order valence-electron chi connectivity index (χ4n) is 8.06. The minimum absolute atomic E-state index is 0.0357. The van der Waals surface area contributed by atoms with Crippen molar-refractivity contribution in [2.24, 2.45) is 5.92 Å². The van der Waals surface area contributed by atoms with Gasteiger partial charge in [0.15, 0.2) is 10.6 Å². The van der Waals surface area contributed by atoms with Crippen LogP contribution in [-0.4, -0.2) is 96.6 Å². The Labute approximate surface area is 319 Å². The molecule has 284 valence electrons. The van der Waals surface area contributed by atoms with Crippen molar-refractivity contribution in [1.29, 1.82) is 0 Å². The summed E-state index contributed by atoms with van der Waals surface area (Å²) in [6, 6.07) is 20.3. The van der Waals surface area contributed by atoms with Crippen molar-refractivity contribution >= 4 is 48.9 Å². The first-order valence-corrected chi connectivity index (χ1v) is 20.6. The lowest BCUT2D eigenvalue weighted by Gasteiger charge is -2.41. The van der Waals surface area contributed by atoms with Gasteiger partial charge in [-0.05, 0) is 57.5 Å². The van der Waals surface area contributed by atoms with Crippen molar-refractivity contribution in [2.75, 3.05) is 51.2 Å². The smallest absolute Gasteiger partial charge is 0.289 e. The third-order valence-electron chi connectivity index (χ3n) is 10.7. The summed E-state index contributed by atoms with van der Waals surface area (Å²) in [7, 11) is -0.721. The highest BCUT2D eigenvalue weighted by Gasteiger charge is 2.38. The van der Waals surface area contributed by atoms with Gasteiger partial charge in [-0.2, -0.15) is 0 Å². The van der Waals surface area contributed by atoms with Crippen LogP contribution in [0.5, 0.6) is 0 Å². The standard InChI is InChI=1S/C39H45N7O6S2/c1-27-41-32-23-30(17-18-35(32)53-27)45(54(50,51)36-16-10-9-15-34(36)46(48)49)20-19-31-24-42(2)21-22-43(31)39(47)37-38(28-11-5-4-6-12-28)44(26-40-37)33-14-8-7-13-29(33)25-52-3/h4-6,9-12,15-18,23,26,29,31,33H,7-8,13-14,19-22,24-25H2,1-3H3/t29-,31+,33+/m0/s1. The second-order valence-electron chi connectivity index (χ2n) is 14.2. The molecule has 15 heteroatoms. The summed E-state index contributed by atoms with van der Waals surface area (Å²) in [4.78, 5) is 39.1. The highest BCUT2D eigenvalue weighted by Crippen LogP contribution is 2.39. The third-order valence-corrected chi connectivity index (χ3v) is 13.5. The molecule has 1 aliphatic heterocycles. The molecular formula is C39H45N7O6S2. The molecule has 1 amide bonds. The van der Waals surface area contributed by atoms with Crippen molar-refractivity contribution in [1.82, 2.24) is 24.3 Å². The van der Waals surface area contributed by atoms with E-state index in [1.54, 1.807) is 25.6 Å². The summed E-state index contributed by atoms with van der Waals surface area (Å²) in [6.07, 6.45) is 6.29. The van der Waals surface area contributed by atoms with Crippen LogP contribution in [0, 0.1) is 23.0 Å². The van der Waals surface area contributed by atoms with Crippen LogP contribution < -0.4 is 4.31 Å². The minimum Gasteiger partial charge on any atom is -0.384 e. The summed E-state index contributed by atoms with van der Waals surface area (Å²) >= 11 is 1.50. The van der Waals surface area contributed by atoms with E-state index in [2.05, 4.69) is 14.5 Å². The fourth-order valence-corrected chi connectivity index (χ4v) is 10.5. The number of benzene rings is 3. The normalized spacial score (nSPS) is 19.6. The zero-order valence-electron chi connectivity index (χ0n) is 30.7. The number of amides is 1. The molecular weight excluding hydrogens is 727 g/mol. The number of sulfonamides is 1. The highest BCUT2D eigenvalue weighted by atomic mass is 32.2. The number of piperazine rings is 1. The van der Waals surface area contributed by atoms with Crippen molar-refractivity contribution < 1.29 is 22.9 Å². The molecule has 2 aromatic heterocycles. The Morgan fingerprint density at radius 3 is 2.59 bits per heavy atom. The van der Waals surface area contributed by atoms with Gasteiger partial charge in [-0.25, -0.2) is 18.4 Å². The number of aryl methyl sites for hydroxylation is 1. The van der Waals surface area contributed by atoms with Crippen LogP contribution in [0.4, 0.5) is 11.4 Å². The van der Waals surface area contributed by atoms with E-state index >= 15 is 0 Å². The molecule has 3 heterocycles. The largest absolute Gasteiger partial charge is 0.384 e. The average molecular weight is 772 g/mol. The third kappa shape index (κ3) is 7.50. The Bertz CT molecular complexity index is 2240. The van der Waals surface area contributed by atoms with Crippen molar-refractivity contribution in [2.45, 2.75) is 56.0 Å². The molecule has 2 fully saturated rings. The van der Waals surface area contributed by atoms with E-state index in [0.29, 0.717) is 49.1 Å². The predicted octanol–water partition coefficient (Wildman–Crippen LogP) is 6.80. The molecule has 0 bridgehead atoms. The van der Waals surface area contributed by atoms with E-state index < -0.39 is 25.5 Å². The van der Waals surface area contributed by atoms with Crippen LogP contribution in [-0.2, 0) is 14.8 Å². The Hall–Kier alpha value is -4.70. The van der Waals surface area contributed by atoms with E-state index in [4.69, 9.17) is 9.72 Å². The highest BCUT2D eigenvalue weighted by molar-refractivity contribution is 7.93. The summed E-state index contributed by atoms with van der Waals surface area (Å²) in [5, 5.41) is 12.9. The maximum absolute atomic E-state index is 14.8. The number of aromatic nitrogens is 3. The summed E-state index contributed by atoms with van der Waals surface area (Å²) in [6.45, 7) is 4.05. The van der Waals surface area contributed by atoms with Gasteiger partial charge in [0, 0.05) is 62.9 Å². The number of anilines is 1. The maximum Gasteiger partial charge on any atom is 0.289 e. The van der Waals surface area contributed by atoms with Crippen molar-refractivity contribution in [3.8, 4) is 11.3 Å². The molecule has 1 saturated heterocycles. The van der Waals surface area contributed by atoms with Crippen molar-refractivity contribution in [3.63, 3.8) is 0 Å². The molecule has 3 aromatic carbocycles. The number of ether oxygens (including phenoxy) is 1. The summed E-state index contributed by atoms with van der Waals surface area (Å²) in [5.74, 6) is 0.0813. The topological polar surface area (TPSA) is 144 Å². The number of imidazole rings is 1. The zero-order chi connectivity index (χ0) is 38.0. The number of hydrogen-bond acceptors (Lipinski definition) is 10. The molecule has 0 N–H and O–H groups in total. The number of methoxy groups -OCH3 is 1. The molecule has 5 aromatic rings.